The van der Waals surface area contributed by atoms with Crippen LogP contribution in [0.5, 0.6) is 0 Å². The van der Waals surface area contributed by atoms with Gasteiger partial charge in [-0.05, 0) is 27.7 Å². The summed E-state index contributed by atoms with van der Waals surface area (Å²) in [6.07, 6.45) is 0. The van der Waals surface area contributed by atoms with E-state index in [-0.39, 0.29) is 17.9 Å². The van der Waals surface area contributed by atoms with Crippen LogP contribution in [0, 0.1) is 0 Å². The third kappa shape index (κ3) is 2.96. The van der Waals surface area contributed by atoms with Crippen LogP contribution in [-0.4, -0.2) is 25.9 Å². The van der Waals surface area contributed by atoms with Crippen molar-refractivity contribution in [3.05, 3.63) is 91.0 Å². The normalized spacial score (nSPS) is 18.2. The molecule has 1 fully saturated rings. The van der Waals surface area contributed by atoms with Crippen molar-refractivity contribution < 1.29 is 9.31 Å². The lowest BCUT2D eigenvalue weighted by Crippen LogP contribution is -2.77. The molecule has 142 valence electrons. The number of rotatable bonds is 4. The lowest BCUT2D eigenvalue weighted by molar-refractivity contribution is 0.00578. The smallest absolute Gasteiger partial charge is 0.405 e. The topological polar surface area (TPSA) is 18.5 Å². The van der Waals surface area contributed by atoms with Gasteiger partial charge in [0.1, 0.15) is 0 Å². The molecule has 0 unspecified atom stereocenters. The Morgan fingerprint density at radius 1 is 0.536 bits per heavy atom. The summed E-state index contributed by atoms with van der Waals surface area (Å²) in [7, 11) is -2.61. The van der Waals surface area contributed by atoms with Crippen molar-refractivity contribution in [2.45, 2.75) is 38.9 Å². The second kappa shape index (κ2) is 7.03. The molecule has 0 spiro atoms. The number of benzene rings is 3. The van der Waals surface area contributed by atoms with E-state index < -0.39 is 7.94 Å². The van der Waals surface area contributed by atoms with Crippen LogP contribution in [0.2, 0.25) is 0 Å². The maximum Gasteiger partial charge on any atom is 0.450 e. The highest BCUT2D eigenvalue weighted by Crippen LogP contribution is 2.39. The third-order valence-corrected chi connectivity index (χ3v) is 11.0. The zero-order chi connectivity index (χ0) is 19.8. The highest BCUT2D eigenvalue weighted by molar-refractivity contribution is 7.46. The molecule has 1 heterocycles. The third-order valence-electron chi connectivity index (χ3n) is 6.29. The molecule has 0 bridgehead atoms. The van der Waals surface area contributed by atoms with Crippen LogP contribution in [0.25, 0.3) is 0 Å². The average Bonchev–Trinajstić information content (AvgIpc) is 2.92. The Balaban J connectivity index is 2.03. The van der Waals surface area contributed by atoms with Crippen molar-refractivity contribution in [2.24, 2.45) is 0 Å². The molecule has 1 aliphatic rings. The molecule has 2 nitrogen and oxygen atoms in total. The van der Waals surface area contributed by atoms with Gasteiger partial charge in [0, 0.05) is 0 Å². The van der Waals surface area contributed by atoms with Crippen LogP contribution in [-0.2, 0) is 9.31 Å². The summed E-state index contributed by atoms with van der Waals surface area (Å²) in [6, 6.07) is 32.3. The molecule has 1 saturated heterocycles. The van der Waals surface area contributed by atoms with Crippen LogP contribution in [0.4, 0.5) is 0 Å². The van der Waals surface area contributed by atoms with Gasteiger partial charge in [-0.1, -0.05) is 107 Å². The van der Waals surface area contributed by atoms with E-state index in [9.17, 15) is 0 Å². The highest BCUT2D eigenvalue weighted by Gasteiger charge is 2.62. The van der Waals surface area contributed by atoms with Gasteiger partial charge in [0.15, 0.2) is 7.94 Å². The monoisotopic (exact) mass is 386 g/mol. The first kappa shape index (κ1) is 19.2. The van der Waals surface area contributed by atoms with Gasteiger partial charge in [-0.15, -0.1) is 0 Å². The van der Waals surface area contributed by atoms with E-state index in [4.69, 9.17) is 9.31 Å². The van der Waals surface area contributed by atoms with E-state index in [2.05, 4.69) is 119 Å². The zero-order valence-corrected chi connectivity index (χ0v) is 18.1. The summed E-state index contributed by atoms with van der Waals surface area (Å²) in [5.74, 6) is 0. The zero-order valence-electron chi connectivity index (χ0n) is 17.1. The summed E-state index contributed by atoms with van der Waals surface area (Å²) in [4.78, 5) is 0. The lowest BCUT2D eigenvalue weighted by Gasteiger charge is -2.35. The van der Waals surface area contributed by atoms with Crippen molar-refractivity contribution in [3.63, 3.8) is 0 Å². The van der Waals surface area contributed by atoms with E-state index >= 15 is 0 Å². The highest BCUT2D eigenvalue weighted by atomic mass is 28.3. The van der Waals surface area contributed by atoms with Crippen LogP contribution in [0.3, 0.4) is 0 Å². The first-order valence-corrected chi connectivity index (χ1v) is 12.0. The Labute approximate surface area is 169 Å². The first-order valence-electron chi connectivity index (χ1n) is 9.90. The minimum atomic E-state index is -2.61. The first-order chi connectivity index (χ1) is 13.4. The van der Waals surface area contributed by atoms with Gasteiger partial charge in [-0.3, -0.25) is 0 Å². The summed E-state index contributed by atoms with van der Waals surface area (Å²) in [6.45, 7) is 8.21. The lowest BCUT2D eigenvalue weighted by atomic mass is 9.90. The van der Waals surface area contributed by atoms with Gasteiger partial charge >= 0.3 is 6.71 Å². The molecule has 0 saturated carbocycles. The van der Waals surface area contributed by atoms with Gasteiger partial charge in [-0.2, -0.15) is 0 Å². The second-order valence-corrected chi connectivity index (χ2v) is 12.3. The van der Waals surface area contributed by atoms with Crippen molar-refractivity contribution in [1.82, 2.24) is 0 Å². The predicted octanol–water partition coefficient (Wildman–Crippen LogP) is 3.33. The molecule has 0 atom stereocenters. The van der Waals surface area contributed by atoms with E-state index in [1.807, 2.05) is 0 Å². The Morgan fingerprint density at radius 3 is 1.11 bits per heavy atom. The molecule has 1 aliphatic heterocycles. The maximum atomic E-state index is 6.73. The minimum Gasteiger partial charge on any atom is -0.405 e. The molecule has 0 aromatic heterocycles. The molecule has 0 N–H and O–H groups in total. The van der Waals surface area contributed by atoms with Crippen molar-refractivity contribution in [3.8, 4) is 0 Å². The van der Waals surface area contributed by atoms with Crippen LogP contribution >= 0.6 is 0 Å². The fraction of sp³-hybridized carbons (Fsp3) is 0.250. The Bertz CT molecular complexity index is 814. The van der Waals surface area contributed by atoms with Gasteiger partial charge in [0.25, 0.3) is 0 Å². The largest absolute Gasteiger partial charge is 0.450 e. The van der Waals surface area contributed by atoms with Gasteiger partial charge < -0.3 is 9.31 Å². The molecule has 4 heteroatoms. The van der Waals surface area contributed by atoms with Crippen LogP contribution in [0.1, 0.15) is 27.7 Å². The summed E-state index contributed by atoms with van der Waals surface area (Å²) < 4.78 is 13.5. The van der Waals surface area contributed by atoms with Gasteiger partial charge in [-0.25, -0.2) is 0 Å². The van der Waals surface area contributed by atoms with Crippen LogP contribution < -0.4 is 15.6 Å². The Hall–Kier alpha value is -2.14. The van der Waals surface area contributed by atoms with Crippen molar-refractivity contribution in [2.75, 3.05) is 0 Å². The molecular weight excluding hydrogens is 359 g/mol. The standard InChI is InChI=1S/C24H27BO2Si/c1-23(2)24(3,4)27-25(26-23)28(20-14-8-5-9-15-20,21-16-10-6-11-17-21)22-18-12-7-13-19-22/h5-19H,1-4H3. The molecule has 0 radical (unpaired) electrons. The van der Waals surface area contributed by atoms with E-state index in [0.717, 1.165) is 0 Å². The van der Waals surface area contributed by atoms with Crippen LogP contribution in [0.15, 0.2) is 91.0 Å². The molecular formula is C24H27BO2Si. The van der Waals surface area contributed by atoms with E-state index in [0.29, 0.717) is 0 Å². The summed E-state index contributed by atoms with van der Waals surface area (Å²) in [5, 5.41) is 3.89. The fourth-order valence-electron chi connectivity index (χ4n) is 4.03. The molecule has 3 aromatic rings. The number of hydrogen-bond donors (Lipinski definition) is 0. The maximum absolute atomic E-state index is 6.73. The van der Waals surface area contributed by atoms with Crippen molar-refractivity contribution >= 4 is 30.2 Å². The van der Waals surface area contributed by atoms with Gasteiger partial charge in [0.2, 0.25) is 0 Å². The second-order valence-electron chi connectivity index (χ2n) is 8.49. The Morgan fingerprint density at radius 2 is 0.821 bits per heavy atom. The van der Waals surface area contributed by atoms with Crippen molar-refractivity contribution in [1.29, 1.82) is 0 Å². The fourth-order valence-corrected chi connectivity index (χ4v) is 8.95. The molecule has 28 heavy (non-hydrogen) atoms. The molecule has 4 rings (SSSR count). The summed E-state index contributed by atoms with van der Waals surface area (Å²) in [5.41, 5.74) is -0.761. The number of hydrogen-bond acceptors (Lipinski definition) is 2. The quantitative estimate of drug-likeness (QED) is 0.506. The summed E-state index contributed by atoms with van der Waals surface area (Å²) >= 11 is 0. The SMILES string of the molecule is CC1(C)OB([Si](c2ccccc2)(c2ccccc2)c2ccccc2)OC1(C)C. The average molecular weight is 386 g/mol. The molecule has 0 amide bonds. The molecule has 3 aromatic carbocycles. The van der Waals surface area contributed by atoms with Gasteiger partial charge in [0.05, 0.1) is 11.2 Å². The Kier molecular flexibility index (Phi) is 4.82. The van der Waals surface area contributed by atoms with E-state index in [1.54, 1.807) is 0 Å². The van der Waals surface area contributed by atoms with E-state index in [1.165, 1.54) is 15.6 Å². The predicted molar refractivity (Wildman–Crippen MR) is 120 cm³/mol. The molecule has 0 aliphatic carbocycles. The minimum absolute atomic E-state index is 0.315.